The first kappa shape index (κ1) is 21.4. The molecule has 2 amide bonds. The summed E-state index contributed by atoms with van der Waals surface area (Å²) in [6, 6.07) is 4.46. The zero-order valence-electron chi connectivity index (χ0n) is 18.8. The molecule has 1 aliphatic heterocycles. The molecule has 0 saturated heterocycles. The molecule has 4 rings (SSSR count). The summed E-state index contributed by atoms with van der Waals surface area (Å²) in [5, 5.41) is 3.31. The quantitative estimate of drug-likeness (QED) is 0.704. The van der Waals surface area contributed by atoms with Gasteiger partial charge in [0.2, 0.25) is 5.91 Å². The Bertz CT molecular complexity index is 938. The number of nitrogens with one attached hydrogen (secondary N) is 1. The minimum absolute atomic E-state index is 0.00458. The maximum atomic E-state index is 13.6. The molecule has 6 heteroatoms. The molecule has 0 radical (unpaired) electrons. The molecule has 0 spiro atoms. The highest BCUT2D eigenvalue weighted by molar-refractivity contribution is 7.19. The summed E-state index contributed by atoms with van der Waals surface area (Å²) in [6.45, 7) is 9.59. The topological polar surface area (TPSA) is 54.3 Å². The van der Waals surface area contributed by atoms with Gasteiger partial charge < -0.3 is 14.8 Å². The second kappa shape index (κ2) is 8.37. The highest BCUT2D eigenvalue weighted by atomic mass is 32.1. The molecule has 0 bridgehead atoms. The Morgan fingerprint density at radius 1 is 1.27 bits per heavy atom. The van der Waals surface area contributed by atoms with Gasteiger partial charge in [-0.1, -0.05) is 40.0 Å². The van der Waals surface area contributed by atoms with Crippen LogP contribution in [0.4, 0.5) is 0 Å². The van der Waals surface area contributed by atoms with Gasteiger partial charge in [-0.15, -0.1) is 11.3 Å². The Morgan fingerprint density at radius 3 is 2.67 bits per heavy atom. The van der Waals surface area contributed by atoms with E-state index in [1.54, 1.807) is 11.3 Å². The number of carbonyl (C=O) groups is 2. The summed E-state index contributed by atoms with van der Waals surface area (Å²) in [6.07, 6.45) is 7.58. The lowest BCUT2D eigenvalue weighted by atomic mass is 9.91. The molecule has 164 valence electrons. The third-order valence-corrected chi connectivity index (χ3v) is 8.09. The smallest absolute Gasteiger partial charge is 0.271 e. The SMILES string of the molecule is CCc1cc2c(cc3n2C[C@@](C)(C(=O)NC2CCCCC2)N(CCC(C)C)C3=O)s1. The van der Waals surface area contributed by atoms with Crippen molar-refractivity contribution < 1.29 is 9.59 Å². The molecule has 2 aromatic rings. The number of thiophene rings is 1. The van der Waals surface area contributed by atoms with Crippen LogP contribution >= 0.6 is 11.3 Å². The zero-order chi connectivity index (χ0) is 21.5. The van der Waals surface area contributed by atoms with Crippen molar-refractivity contribution in [2.24, 2.45) is 5.92 Å². The average molecular weight is 430 g/mol. The van der Waals surface area contributed by atoms with Crippen LogP contribution in [0.5, 0.6) is 0 Å². The fourth-order valence-electron chi connectivity index (χ4n) is 4.89. The van der Waals surface area contributed by atoms with E-state index in [9.17, 15) is 9.59 Å². The van der Waals surface area contributed by atoms with Crippen molar-refractivity contribution in [1.82, 2.24) is 14.8 Å². The van der Waals surface area contributed by atoms with Gasteiger partial charge in [-0.3, -0.25) is 9.59 Å². The van der Waals surface area contributed by atoms with Crippen LogP contribution in [-0.2, 0) is 17.8 Å². The van der Waals surface area contributed by atoms with Crippen molar-refractivity contribution in [2.75, 3.05) is 6.54 Å². The second-order valence-electron chi connectivity index (χ2n) is 9.65. The van der Waals surface area contributed by atoms with Crippen molar-refractivity contribution in [3.8, 4) is 0 Å². The number of aromatic nitrogens is 1. The van der Waals surface area contributed by atoms with Crippen molar-refractivity contribution in [3.05, 3.63) is 22.7 Å². The number of aryl methyl sites for hydroxylation is 1. The largest absolute Gasteiger partial charge is 0.351 e. The van der Waals surface area contributed by atoms with E-state index < -0.39 is 5.54 Å². The van der Waals surface area contributed by atoms with Crippen LogP contribution in [-0.4, -0.2) is 39.4 Å². The Hall–Kier alpha value is -1.82. The molecular weight excluding hydrogens is 394 g/mol. The van der Waals surface area contributed by atoms with E-state index in [4.69, 9.17) is 0 Å². The molecule has 1 N–H and O–H groups in total. The minimum Gasteiger partial charge on any atom is -0.351 e. The number of hydrogen-bond acceptors (Lipinski definition) is 3. The van der Waals surface area contributed by atoms with E-state index >= 15 is 0 Å². The molecule has 3 heterocycles. The summed E-state index contributed by atoms with van der Waals surface area (Å²) in [5.74, 6) is 0.474. The lowest BCUT2D eigenvalue weighted by molar-refractivity contribution is -0.133. The van der Waals surface area contributed by atoms with Gasteiger partial charge in [0.05, 0.1) is 16.8 Å². The Kier molecular flexibility index (Phi) is 5.97. The van der Waals surface area contributed by atoms with Gasteiger partial charge in [0, 0.05) is 17.5 Å². The van der Waals surface area contributed by atoms with Crippen LogP contribution in [0.15, 0.2) is 12.1 Å². The molecule has 1 aliphatic carbocycles. The maximum Gasteiger partial charge on any atom is 0.271 e. The highest BCUT2D eigenvalue weighted by Gasteiger charge is 2.48. The number of nitrogens with zero attached hydrogens (tertiary/aromatic N) is 2. The third-order valence-electron chi connectivity index (χ3n) is 6.87. The van der Waals surface area contributed by atoms with E-state index in [-0.39, 0.29) is 17.9 Å². The maximum absolute atomic E-state index is 13.6. The van der Waals surface area contributed by atoms with Crippen LogP contribution in [0.2, 0.25) is 0 Å². The number of amides is 2. The summed E-state index contributed by atoms with van der Waals surface area (Å²) in [4.78, 5) is 30.4. The Balaban J connectivity index is 1.69. The van der Waals surface area contributed by atoms with Crippen molar-refractivity contribution in [1.29, 1.82) is 0 Å². The van der Waals surface area contributed by atoms with Gasteiger partial charge in [0.15, 0.2) is 0 Å². The lowest BCUT2D eigenvalue weighted by Crippen LogP contribution is -2.65. The van der Waals surface area contributed by atoms with Gasteiger partial charge in [0.1, 0.15) is 11.2 Å². The molecule has 5 nitrogen and oxygen atoms in total. The number of fused-ring (bicyclic) bond motifs is 3. The summed E-state index contributed by atoms with van der Waals surface area (Å²) in [5.41, 5.74) is 0.961. The Labute approximate surface area is 183 Å². The predicted octanol–water partition coefficient (Wildman–Crippen LogP) is 4.97. The van der Waals surface area contributed by atoms with Crippen molar-refractivity contribution in [3.63, 3.8) is 0 Å². The van der Waals surface area contributed by atoms with Gasteiger partial charge in [-0.25, -0.2) is 0 Å². The fraction of sp³-hybridized carbons (Fsp3) is 0.667. The number of hydrogen-bond donors (Lipinski definition) is 1. The van der Waals surface area contributed by atoms with Crippen LogP contribution in [0.25, 0.3) is 10.2 Å². The van der Waals surface area contributed by atoms with E-state index in [2.05, 4.69) is 36.7 Å². The first-order valence-electron chi connectivity index (χ1n) is 11.6. The summed E-state index contributed by atoms with van der Waals surface area (Å²) < 4.78 is 3.25. The third kappa shape index (κ3) is 3.79. The molecule has 30 heavy (non-hydrogen) atoms. The molecule has 1 fully saturated rings. The van der Waals surface area contributed by atoms with E-state index in [1.165, 1.54) is 24.1 Å². The zero-order valence-corrected chi connectivity index (χ0v) is 19.6. The van der Waals surface area contributed by atoms with Crippen molar-refractivity contribution in [2.45, 2.75) is 90.8 Å². The molecule has 0 aromatic carbocycles. The summed E-state index contributed by atoms with van der Waals surface area (Å²) in [7, 11) is 0. The Morgan fingerprint density at radius 2 is 2.00 bits per heavy atom. The van der Waals surface area contributed by atoms with E-state index in [0.717, 1.165) is 41.6 Å². The van der Waals surface area contributed by atoms with Crippen LogP contribution in [0.1, 0.15) is 81.6 Å². The number of rotatable bonds is 6. The molecular formula is C24H35N3O2S. The van der Waals surface area contributed by atoms with Crippen LogP contribution in [0, 0.1) is 5.92 Å². The van der Waals surface area contributed by atoms with Gasteiger partial charge in [-0.05, 0) is 50.7 Å². The van der Waals surface area contributed by atoms with Crippen molar-refractivity contribution >= 4 is 33.4 Å². The van der Waals surface area contributed by atoms with E-state index in [1.807, 2.05) is 17.9 Å². The standard InChI is InChI=1S/C24H35N3O2S/c1-5-18-13-19-21(30-18)14-20-22(28)27(12-11-16(2)3)24(4,15-26(19)20)23(29)25-17-9-7-6-8-10-17/h13-14,16-17H,5-12,15H2,1-4H3,(H,25,29)/t24-/m0/s1. The van der Waals surface area contributed by atoms with Crippen LogP contribution in [0.3, 0.4) is 0 Å². The normalized spacial score (nSPS) is 22.7. The fourth-order valence-corrected chi connectivity index (χ4v) is 5.93. The van der Waals surface area contributed by atoms with E-state index in [0.29, 0.717) is 19.0 Å². The predicted molar refractivity (Wildman–Crippen MR) is 123 cm³/mol. The molecule has 2 aliphatic rings. The molecule has 1 saturated carbocycles. The summed E-state index contributed by atoms with van der Waals surface area (Å²) >= 11 is 1.76. The number of carbonyl (C=O) groups excluding carboxylic acids is 2. The first-order chi connectivity index (χ1) is 14.3. The molecule has 0 unspecified atom stereocenters. The monoisotopic (exact) mass is 429 g/mol. The first-order valence-corrected chi connectivity index (χ1v) is 12.4. The van der Waals surface area contributed by atoms with Gasteiger partial charge in [0.25, 0.3) is 5.91 Å². The minimum atomic E-state index is -0.864. The molecule has 1 atom stereocenters. The second-order valence-corrected chi connectivity index (χ2v) is 10.8. The lowest BCUT2D eigenvalue weighted by Gasteiger charge is -2.45. The van der Waals surface area contributed by atoms with Gasteiger partial charge in [-0.2, -0.15) is 0 Å². The molecule has 2 aromatic heterocycles. The average Bonchev–Trinajstić information content (AvgIpc) is 3.27. The van der Waals surface area contributed by atoms with Crippen LogP contribution < -0.4 is 5.32 Å². The van der Waals surface area contributed by atoms with Gasteiger partial charge >= 0.3 is 0 Å². The highest BCUT2D eigenvalue weighted by Crippen LogP contribution is 2.36.